The number of ether oxygens (including phenoxy) is 1. The first kappa shape index (κ1) is 11.7. The van der Waals surface area contributed by atoms with Crippen LogP contribution in [0.4, 0.5) is 0 Å². The van der Waals surface area contributed by atoms with Gasteiger partial charge in [-0.2, -0.15) is 0 Å². The normalized spacial score (nSPS) is 14.7. The van der Waals surface area contributed by atoms with Crippen LogP contribution < -0.4 is 10.1 Å². The van der Waals surface area contributed by atoms with Crippen LogP contribution in [-0.2, 0) is 13.2 Å². The summed E-state index contributed by atoms with van der Waals surface area (Å²) in [5.74, 6) is 0.917. The van der Waals surface area contributed by atoms with Gasteiger partial charge in [0.1, 0.15) is 17.4 Å². The summed E-state index contributed by atoms with van der Waals surface area (Å²) in [7, 11) is 0. The first-order valence-corrected chi connectivity index (χ1v) is 7.11. The molecular weight excluding hydrogens is 244 g/mol. The van der Waals surface area contributed by atoms with Gasteiger partial charge in [-0.05, 0) is 30.5 Å². The number of nitrogens with one attached hydrogen (secondary N) is 1. The molecule has 0 spiro atoms. The van der Waals surface area contributed by atoms with Crippen LogP contribution in [0.5, 0.6) is 5.75 Å². The molecule has 0 saturated heterocycles. The molecule has 0 unspecified atom stereocenters. The molecule has 18 heavy (non-hydrogen) atoms. The van der Waals surface area contributed by atoms with Crippen molar-refractivity contribution >= 4 is 11.3 Å². The van der Waals surface area contributed by atoms with E-state index >= 15 is 0 Å². The van der Waals surface area contributed by atoms with Crippen molar-refractivity contribution in [3.05, 3.63) is 46.4 Å². The van der Waals surface area contributed by atoms with Crippen molar-refractivity contribution in [2.75, 3.05) is 0 Å². The Morgan fingerprint density at radius 1 is 1.39 bits per heavy atom. The lowest BCUT2D eigenvalue weighted by Gasteiger charge is -2.07. The lowest BCUT2D eigenvalue weighted by Crippen LogP contribution is -2.15. The van der Waals surface area contributed by atoms with E-state index in [1.807, 2.05) is 17.5 Å². The van der Waals surface area contributed by atoms with E-state index in [-0.39, 0.29) is 0 Å². The minimum atomic E-state index is 0.553. The van der Waals surface area contributed by atoms with Crippen molar-refractivity contribution in [1.29, 1.82) is 0 Å². The van der Waals surface area contributed by atoms with Gasteiger partial charge in [-0.1, -0.05) is 12.1 Å². The second-order valence-electron chi connectivity index (χ2n) is 4.52. The first-order chi connectivity index (χ1) is 8.90. The van der Waals surface area contributed by atoms with Gasteiger partial charge in [0.25, 0.3) is 0 Å². The van der Waals surface area contributed by atoms with E-state index in [1.54, 1.807) is 17.5 Å². The summed E-state index contributed by atoms with van der Waals surface area (Å²) in [5, 5.41) is 6.48. The lowest BCUT2D eigenvalue weighted by atomic mass is 10.2. The number of benzene rings is 1. The Hall–Kier alpha value is -1.39. The summed E-state index contributed by atoms with van der Waals surface area (Å²) in [6, 6.07) is 9.01. The Morgan fingerprint density at radius 2 is 2.33 bits per heavy atom. The number of aromatic nitrogens is 1. The molecule has 1 fully saturated rings. The molecule has 1 aromatic heterocycles. The smallest absolute Gasteiger partial charge is 0.140 e. The quantitative estimate of drug-likeness (QED) is 0.867. The second-order valence-corrected chi connectivity index (χ2v) is 5.50. The van der Waals surface area contributed by atoms with E-state index in [9.17, 15) is 0 Å². The maximum Gasteiger partial charge on any atom is 0.140 e. The summed E-state index contributed by atoms with van der Waals surface area (Å²) in [5.41, 5.74) is 1.28. The highest BCUT2D eigenvalue weighted by atomic mass is 32.1. The number of rotatable bonds is 6. The predicted molar refractivity (Wildman–Crippen MR) is 72.7 cm³/mol. The van der Waals surface area contributed by atoms with E-state index in [2.05, 4.69) is 22.4 Å². The average Bonchev–Trinajstić information content (AvgIpc) is 3.09. The van der Waals surface area contributed by atoms with Crippen molar-refractivity contribution in [3.8, 4) is 5.75 Å². The monoisotopic (exact) mass is 260 g/mol. The van der Waals surface area contributed by atoms with Gasteiger partial charge < -0.3 is 10.1 Å². The molecule has 1 saturated carbocycles. The molecule has 1 aliphatic carbocycles. The molecule has 1 N–H and O–H groups in total. The van der Waals surface area contributed by atoms with Gasteiger partial charge in [0, 0.05) is 24.2 Å². The Labute approximate surface area is 111 Å². The maximum atomic E-state index is 5.73. The largest absolute Gasteiger partial charge is 0.486 e. The molecule has 0 amide bonds. The third-order valence-corrected chi connectivity index (χ3v) is 3.67. The predicted octanol–water partition coefficient (Wildman–Crippen LogP) is 2.97. The van der Waals surface area contributed by atoms with Crippen LogP contribution in [-0.4, -0.2) is 11.0 Å². The zero-order chi connectivity index (χ0) is 12.2. The van der Waals surface area contributed by atoms with Crippen LogP contribution in [0.3, 0.4) is 0 Å². The maximum absolute atomic E-state index is 5.73. The van der Waals surface area contributed by atoms with Crippen molar-refractivity contribution in [2.45, 2.75) is 32.0 Å². The third-order valence-electron chi connectivity index (χ3n) is 2.92. The van der Waals surface area contributed by atoms with Crippen molar-refractivity contribution < 1.29 is 4.74 Å². The highest BCUT2D eigenvalue weighted by Crippen LogP contribution is 2.20. The average molecular weight is 260 g/mol. The number of thiazole rings is 1. The number of hydrogen-bond acceptors (Lipinski definition) is 4. The van der Waals surface area contributed by atoms with Gasteiger partial charge in [0.15, 0.2) is 0 Å². The summed E-state index contributed by atoms with van der Waals surface area (Å²) in [6.45, 7) is 1.48. The van der Waals surface area contributed by atoms with Gasteiger partial charge in [0.2, 0.25) is 0 Å². The summed E-state index contributed by atoms with van der Waals surface area (Å²) in [6.07, 6.45) is 4.44. The summed E-state index contributed by atoms with van der Waals surface area (Å²) >= 11 is 1.62. The van der Waals surface area contributed by atoms with E-state index in [1.165, 1.54) is 18.4 Å². The summed E-state index contributed by atoms with van der Waals surface area (Å²) < 4.78 is 5.73. The SMILES string of the molecule is c1cc(CNC2CC2)cc(OCc2nccs2)c1. The Kier molecular flexibility index (Phi) is 3.57. The zero-order valence-corrected chi connectivity index (χ0v) is 11.0. The summed E-state index contributed by atoms with van der Waals surface area (Å²) in [4.78, 5) is 4.20. The molecule has 4 heteroatoms. The van der Waals surface area contributed by atoms with Crippen LogP contribution in [0.2, 0.25) is 0 Å². The third kappa shape index (κ3) is 3.31. The van der Waals surface area contributed by atoms with Crippen LogP contribution in [0.1, 0.15) is 23.4 Å². The minimum Gasteiger partial charge on any atom is -0.486 e. The molecule has 1 aromatic carbocycles. The molecule has 1 heterocycles. The molecular formula is C14H16N2OS. The Morgan fingerprint density at radius 3 is 3.11 bits per heavy atom. The standard InChI is InChI=1S/C14H16N2OS/c1-2-11(9-16-12-4-5-12)8-13(3-1)17-10-14-15-6-7-18-14/h1-3,6-8,12,16H,4-5,9-10H2. The molecule has 94 valence electrons. The van der Waals surface area contributed by atoms with Crippen molar-refractivity contribution in [2.24, 2.45) is 0 Å². The van der Waals surface area contributed by atoms with Gasteiger partial charge >= 0.3 is 0 Å². The molecule has 3 nitrogen and oxygen atoms in total. The molecule has 0 aliphatic heterocycles. The zero-order valence-electron chi connectivity index (χ0n) is 10.1. The second kappa shape index (κ2) is 5.50. The van der Waals surface area contributed by atoms with E-state index in [4.69, 9.17) is 4.74 Å². The fraction of sp³-hybridized carbons (Fsp3) is 0.357. The molecule has 2 aromatic rings. The fourth-order valence-electron chi connectivity index (χ4n) is 1.76. The molecule has 3 rings (SSSR count). The first-order valence-electron chi connectivity index (χ1n) is 6.23. The van der Waals surface area contributed by atoms with E-state index < -0.39 is 0 Å². The molecule has 0 radical (unpaired) electrons. The van der Waals surface area contributed by atoms with Crippen LogP contribution >= 0.6 is 11.3 Å². The number of hydrogen-bond donors (Lipinski definition) is 1. The van der Waals surface area contributed by atoms with Crippen LogP contribution in [0.25, 0.3) is 0 Å². The van der Waals surface area contributed by atoms with Gasteiger partial charge in [-0.15, -0.1) is 11.3 Å². The fourth-order valence-corrected chi connectivity index (χ4v) is 2.29. The molecule has 1 aliphatic rings. The lowest BCUT2D eigenvalue weighted by molar-refractivity contribution is 0.305. The highest BCUT2D eigenvalue weighted by molar-refractivity contribution is 7.09. The van der Waals surface area contributed by atoms with Crippen LogP contribution in [0, 0.1) is 0 Å². The highest BCUT2D eigenvalue weighted by Gasteiger charge is 2.19. The molecule has 0 bridgehead atoms. The van der Waals surface area contributed by atoms with Gasteiger partial charge in [0.05, 0.1) is 0 Å². The van der Waals surface area contributed by atoms with Crippen molar-refractivity contribution in [1.82, 2.24) is 10.3 Å². The van der Waals surface area contributed by atoms with E-state index in [0.29, 0.717) is 6.61 Å². The minimum absolute atomic E-state index is 0.553. The Balaban J connectivity index is 1.55. The van der Waals surface area contributed by atoms with Crippen molar-refractivity contribution in [3.63, 3.8) is 0 Å². The van der Waals surface area contributed by atoms with E-state index in [0.717, 1.165) is 23.3 Å². The Bertz CT molecular complexity index is 494. The van der Waals surface area contributed by atoms with Crippen LogP contribution in [0.15, 0.2) is 35.8 Å². The molecule has 0 atom stereocenters. The van der Waals surface area contributed by atoms with Gasteiger partial charge in [-0.25, -0.2) is 4.98 Å². The number of nitrogens with zero attached hydrogens (tertiary/aromatic N) is 1. The van der Waals surface area contributed by atoms with Gasteiger partial charge in [-0.3, -0.25) is 0 Å². The topological polar surface area (TPSA) is 34.1 Å².